The number of hydrogen-bond donors (Lipinski definition) is 1. The Labute approximate surface area is 125 Å². The lowest BCUT2D eigenvalue weighted by atomic mass is 10.1. The summed E-state index contributed by atoms with van der Waals surface area (Å²) < 4.78 is 0. The van der Waals surface area contributed by atoms with E-state index in [9.17, 15) is 4.79 Å². The van der Waals surface area contributed by atoms with Crippen molar-refractivity contribution in [1.82, 2.24) is 4.90 Å². The monoisotopic (exact) mass is 282 g/mol. The van der Waals surface area contributed by atoms with Crippen LogP contribution in [0.15, 0.2) is 42.5 Å². The van der Waals surface area contributed by atoms with E-state index in [1.165, 1.54) is 12.8 Å². The molecule has 0 radical (unpaired) electrons. The lowest BCUT2D eigenvalue weighted by Gasteiger charge is -2.24. The lowest BCUT2D eigenvalue weighted by Crippen LogP contribution is -2.37. The summed E-state index contributed by atoms with van der Waals surface area (Å²) in [4.78, 5) is 14.4. The highest BCUT2D eigenvalue weighted by Crippen LogP contribution is 2.34. The minimum Gasteiger partial charge on any atom is -0.324 e. The first-order valence-electron chi connectivity index (χ1n) is 7.63. The number of nitrogens with zero attached hydrogens (tertiary/aromatic N) is 1. The number of likely N-dealkylation sites (N-methyl/N-ethyl adjacent to an activating group) is 1. The van der Waals surface area contributed by atoms with Gasteiger partial charge in [0, 0.05) is 17.1 Å². The maximum Gasteiger partial charge on any atom is 0.238 e. The van der Waals surface area contributed by atoms with Gasteiger partial charge in [0.15, 0.2) is 0 Å². The zero-order valence-electron chi connectivity index (χ0n) is 12.7. The van der Waals surface area contributed by atoms with Crippen molar-refractivity contribution in [2.75, 3.05) is 18.9 Å². The van der Waals surface area contributed by atoms with Crippen molar-refractivity contribution in [1.29, 1.82) is 0 Å². The van der Waals surface area contributed by atoms with Gasteiger partial charge in [0.1, 0.15) is 0 Å². The van der Waals surface area contributed by atoms with Crippen LogP contribution in [-0.4, -0.2) is 30.4 Å². The topological polar surface area (TPSA) is 32.3 Å². The fourth-order valence-corrected chi connectivity index (χ4v) is 2.83. The normalized spacial score (nSPS) is 16.1. The summed E-state index contributed by atoms with van der Waals surface area (Å²) in [5.41, 5.74) is 0.894. The zero-order valence-corrected chi connectivity index (χ0v) is 12.7. The van der Waals surface area contributed by atoms with Crippen LogP contribution in [-0.2, 0) is 4.79 Å². The summed E-state index contributed by atoms with van der Waals surface area (Å²) >= 11 is 0. The molecule has 110 valence electrons. The Hall–Kier alpha value is -1.87. The first kappa shape index (κ1) is 14.1. The average Bonchev–Trinajstić information content (AvgIpc) is 3.31. The van der Waals surface area contributed by atoms with E-state index in [4.69, 9.17) is 0 Å². The summed E-state index contributed by atoms with van der Waals surface area (Å²) in [6.45, 7) is 2.66. The molecule has 3 nitrogen and oxygen atoms in total. The zero-order chi connectivity index (χ0) is 14.8. The van der Waals surface area contributed by atoms with Gasteiger partial charge in [-0.1, -0.05) is 36.4 Å². The molecule has 0 aliphatic heterocycles. The van der Waals surface area contributed by atoms with Gasteiger partial charge in [-0.25, -0.2) is 0 Å². The van der Waals surface area contributed by atoms with Crippen molar-refractivity contribution in [3.63, 3.8) is 0 Å². The highest BCUT2D eigenvalue weighted by Gasteiger charge is 2.30. The van der Waals surface area contributed by atoms with Gasteiger partial charge in [0.25, 0.3) is 0 Å². The Kier molecular flexibility index (Phi) is 3.93. The lowest BCUT2D eigenvalue weighted by molar-refractivity contribution is -0.117. The molecule has 1 atom stereocenters. The predicted molar refractivity (Wildman–Crippen MR) is 87.4 cm³/mol. The SMILES string of the molecule is C[C@H](C1CC1)N(C)CC(=O)Nc1cccc2ccccc12. The van der Waals surface area contributed by atoms with Crippen LogP contribution in [0.5, 0.6) is 0 Å². The standard InChI is InChI=1S/C18H22N2O/c1-13(14-10-11-14)20(2)12-18(21)19-17-9-5-7-15-6-3-4-8-16(15)17/h3-9,13-14H,10-12H2,1-2H3,(H,19,21)/t13-/m1/s1. The minimum absolute atomic E-state index is 0.0568. The van der Waals surface area contributed by atoms with Crippen molar-refractivity contribution < 1.29 is 4.79 Å². The largest absolute Gasteiger partial charge is 0.324 e. The van der Waals surface area contributed by atoms with Crippen molar-refractivity contribution in [3.8, 4) is 0 Å². The number of fused-ring (bicyclic) bond motifs is 1. The molecule has 1 aliphatic carbocycles. The van der Waals surface area contributed by atoms with Crippen molar-refractivity contribution >= 4 is 22.4 Å². The Morgan fingerprint density at radius 3 is 2.71 bits per heavy atom. The van der Waals surface area contributed by atoms with Crippen LogP contribution in [0.4, 0.5) is 5.69 Å². The number of benzene rings is 2. The predicted octanol–water partition coefficient (Wildman–Crippen LogP) is 3.51. The van der Waals surface area contributed by atoms with Crippen LogP contribution in [0.25, 0.3) is 10.8 Å². The minimum atomic E-state index is 0.0568. The van der Waals surface area contributed by atoms with Crippen LogP contribution in [0.2, 0.25) is 0 Å². The highest BCUT2D eigenvalue weighted by atomic mass is 16.2. The van der Waals surface area contributed by atoms with E-state index in [2.05, 4.69) is 29.3 Å². The van der Waals surface area contributed by atoms with Crippen molar-refractivity contribution in [2.45, 2.75) is 25.8 Å². The van der Waals surface area contributed by atoms with Gasteiger partial charge in [-0.05, 0) is 44.2 Å². The summed E-state index contributed by atoms with van der Waals surface area (Å²) in [5, 5.41) is 5.29. The third-order valence-corrected chi connectivity index (χ3v) is 4.46. The quantitative estimate of drug-likeness (QED) is 0.910. The Bertz CT molecular complexity index is 643. The third kappa shape index (κ3) is 3.24. The average molecular weight is 282 g/mol. The van der Waals surface area contributed by atoms with Crippen molar-refractivity contribution in [3.05, 3.63) is 42.5 Å². The van der Waals surface area contributed by atoms with Gasteiger partial charge in [0.2, 0.25) is 5.91 Å². The molecule has 1 aliphatic rings. The van der Waals surface area contributed by atoms with Crippen LogP contribution >= 0.6 is 0 Å². The second-order valence-corrected chi connectivity index (χ2v) is 6.07. The van der Waals surface area contributed by atoms with E-state index in [-0.39, 0.29) is 5.91 Å². The second-order valence-electron chi connectivity index (χ2n) is 6.07. The first-order chi connectivity index (χ1) is 10.1. The maximum absolute atomic E-state index is 12.3. The van der Waals surface area contributed by atoms with E-state index < -0.39 is 0 Å². The summed E-state index contributed by atoms with van der Waals surface area (Å²) in [5.74, 6) is 0.835. The van der Waals surface area contributed by atoms with Crippen LogP contribution < -0.4 is 5.32 Å². The molecule has 2 aromatic carbocycles. The molecular formula is C18H22N2O. The molecule has 1 N–H and O–H groups in total. The number of rotatable bonds is 5. The molecular weight excluding hydrogens is 260 g/mol. The number of amides is 1. The van der Waals surface area contributed by atoms with Gasteiger partial charge in [-0.2, -0.15) is 0 Å². The Morgan fingerprint density at radius 1 is 1.24 bits per heavy atom. The number of hydrogen-bond acceptors (Lipinski definition) is 2. The molecule has 0 spiro atoms. The van der Waals surface area contributed by atoms with Crippen LogP contribution in [0.1, 0.15) is 19.8 Å². The molecule has 3 heteroatoms. The van der Waals surface area contributed by atoms with Crippen LogP contribution in [0.3, 0.4) is 0 Å². The van der Waals surface area contributed by atoms with E-state index in [1.807, 2.05) is 37.4 Å². The molecule has 0 heterocycles. The number of nitrogens with one attached hydrogen (secondary N) is 1. The van der Waals surface area contributed by atoms with E-state index >= 15 is 0 Å². The summed E-state index contributed by atoms with van der Waals surface area (Å²) in [6.07, 6.45) is 2.60. The maximum atomic E-state index is 12.3. The van der Waals surface area contributed by atoms with Gasteiger partial charge >= 0.3 is 0 Å². The second kappa shape index (κ2) is 5.86. The van der Waals surface area contributed by atoms with E-state index in [0.717, 1.165) is 22.4 Å². The summed E-state index contributed by atoms with van der Waals surface area (Å²) in [7, 11) is 2.03. The molecule has 2 aromatic rings. The Morgan fingerprint density at radius 2 is 1.95 bits per heavy atom. The molecule has 0 bridgehead atoms. The number of carbonyl (C=O) groups is 1. The Balaban J connectivity index is 1.68. The third-order valence-electron chi connectivity index (χ3n) is 4.46. The molecule has 1 fully saturated rings. The molecule has 0 saturated heterocycles. The van der Waals surface area contributed by atoms with Crippen LogP contribution in [0, 0.1) is 5.92 Å². The van der Waals surface area contributed by atoms with E-state index in [0.29, 0.717) is 12.6 Å². The van der Waals surface area contributed by atoms with Gasteiger partial charge in [-0.15, -0.1) is 0 Å². The molecule has 1 amide bonds. The molecule has 0 aromatic heterocycles. The molecule has 3 rings (SSSR count). The number of anilines is 1. The van der Waals surface area contributed by atoms with Gasteiger partial charge in [-0.3, -0.25) is 9.69 Å². The molecule has 0 unspecified atom stereocenters. The fraction of sp³-hybridized carbons (Fsp3) is 0.389. The smallest absolute Gasteiger partial charge is 0.238 e. The summed E-state index contributed by atoms with van der Waals surface area (Å²) in [6, 6.07) is 14.6. The fourth-order valence-electron chi connectivity index (χ4n) is 2.83. The van der Waals surface area contributed by atoms with Gasteiger partial charge < -0.3 is 5.32 Å². The van der Waals surface area contributed by atoms with E-state index in [1.54, 1.807) is 0 Å². The highest BCUT2D eigenvalue weighted by molar-refractivity contribution is 6.02. The molecule has 21 heavy (non-hydrogen) atoms. The first-order valence-corrected chi connectivity index (χ1v) is 7.63. The van der Waals surface area contributed by atoms with Crippen molar-refractivity contribution in [2.24, 2.45) is 5.92 Å². The number of carbonyl (C=O) groups excluding carboxylic acids is 1. The molecule has 1 saturated carbocycles. The van der Waals surface area contributed by atoms with Gasteiger partial charge in [0.05, 0.1) is 6.54 Å².